The molecule has 0 aromatic heterocycles. The van der Waals surface area contributed by atoms with Gasteiger partial charge in [-0.2, -0.15) is 0 Å². The number of likely N-dealkylation sites (tertiary alicyclic amines) is 1. The lowest BCUT2D eigenvalue weighted by Crippen LogP contribution is -2.47. The van der Waals surface area contributed by atoms with E-state index < -0.39 is 0 Å². The van der Waals surface area contributed by atoms with Crippen molar-refractivity contribution in [2.45, 2.75) is 31.9 Å². The van der Waals surface area contributed by atoms with E-state index in [-0.39, 0.29) is 18.1 Å². The molecule has 1 saturated heterocycles. The third-order valence-electron chi connectivity index (χ3n) is 3.64. The Labute approximate surface area is 128 Å². The number of anilines is 1. The number of aliphatic hydroxyl groups excluding tert-OH is 1. The number of amides is 1. The Bertz CT molecular complexity index is 488. The molecule has 0 aliphatic carbocycles. The predicted octanol–water partition coefficient (Wildman–Crippen LogP) is 2.78. The second-order valence-electron chi connectivity index (χ2n) is 5.03. The summed E-state index contributed by atoms with van der Waals surface area (Å²) in [6.07, 6.45) is 1.16. The highest BCUT2D eigenvalue weighted by Gasteiger charge is 2.26. The van der Waals surface area contributed by atoms with Gasteiger partial charge in [0.25, 0.3) is 0 Å². The molecule has 0 unspecified atom stereocenters. The Morgan fingerprint density at radius 2 is 2.05 bits per heavy atom. The number of halogens is 2. The van der Waals surface area contributed by atoms with Gasteiger partial charge >= 0.3 is 0 Å². The minimum absolute atomic E-state index is 0.120. The van der Waals surface area contributed by atoms with Crippen LogP contribution in [0, 0.1) is 0 Å². The maximum absolute atomic E-state index is 12.2. The molecule has 0 saturated carbocycles. The van der Waals surface area contributed by atoms with Crippen LogP contribution in [0.15, 0.2) is 18.2 Å². The first-order valence-electron chi connectivity index (χ1n) is 6.66. The molecule has 1 amide bonds. The molecule has 1 fully saturated rings. The van der Waals surface area contributed by atoms with Crippen LogP contribution in [0.4, 0.5) is 5.69 Å². The predicted molar refractivity (Wildman–Crippen MR) is 81.4 cm³/mol. The van der Waals surface area contributed by atoms with E-state index >= 15 is 0 Å². The minimum atomic E-state index is -0.266. The standard InChI is InChI=1S/C14H18Cl2N2O2/c1-9(18-7-5-10(19)6-8-18)14(20)17-12-4-2-3-11(15)13(12)16/h2-4,9-10,19H,5-8H2,1H3,(H,17,20)/t9-/m0/s1. The third-order valence-corrected chi connectivity index (χ3v) is 4.45. The van der Waals surface area contributed by atoms with E-state index in [1.165, 1.54) is 0 Å². The van der Waals surface area contributed by atoms with E-state index in [2.05, 4.69) is 10.2 Å². The number of piperidine rings is 1. The average molecular weight is 317 g/mol. The zero-order chi connectivity index (χ0) is 14.7. The van der Waals surface area contributed by atoms with E-state index in [0.717, 1.165) is 13.1 Å². The zero-order valence-electron chi connectivity index (χ0n) is 11.3. The lowest BCUT2D eigenvalue weighted by Gasteiger charge is -2.33. The first-order valence-corrected chi connectivity index (χ1v) is 7.41. The fraction of sp³-hybridized carbons (Fsp3) is 0.500. The lowest BCUT2D eigenvalue weighted by molar-refractivity contribution is -0.121. The first kappa shape index (κ1) is 15.6. The van der Waals surface area contributed by atoms with Crippen molar-refractivity contribution in [3.8, 4) is 0 Å². The monoisotopic (exact) mass is 316 g/mol. The number of nitrogens with one attached hydrogen (secondary N) is 1. The van der Waals surface area contributed by atoms with Gasteiger partial charge in [-0.3, -0.25) is 9.69 Å². The van der Waals surface area contributed by atoms with Crippen LogP contribution in [-0.4, -0.2) is 41.1 Å². The molecule has 1 atom stereocenters. The smallest absolute Gasteiger partial charge is 0.241 e. The number of hydrogen-bond donors (Lipinski definition) is 2. The Kier molecular flexibility index (Phi) is 5.27. The van der Waals surface area contributed by atoms with E-state index in [4.69, 9.17) is 23.2 Å². The Hall–Kier alpha value is -0.810. The molecule has 20 heavy (non-hydrogen) atoms. The number of hydrogen-bond acceptors (Lipinski definition) is 3. The summed E-state index contributed by atoms with van der Waals surface area (Å²) < 4.78 is 0. The van der Waals surface area contributed by atoms with Crippen LogP contribution in [-0.2, 0) is 4.79 Å². The number of carbonyl (C=O) groups is 1. The van der Waals surface area contributed by atoms with Gasteiger partial charge in [-0.1, -0.05) is 29.3 Å². The van der Waals surface area contributed by atoms with Crippen LogP contribution in [0.2, 0.25) is 10.0 Å². The number of rotatable bonds is 3. The molecule has 1 aromatic carbocycles. The lowest BCUT2D eigenvalue weighted by atomic mass is 10.1. The summed E-state index contributed by atoms with van der Waals surface area (Å²) in [7, 11) is 0. The van der Waals surface area contributed by atoms with Crippen molar-refractivity contribution in [3.05, 3.63) is 28.2 Å². The van der Waals surface area contributed by atoms with Crippen molar-refractivity contribution >= 4 is 34.8 Å². The molecular formula is C14H18Cl2N2O2. The molecular weight excluding hydrogens is 299 g/mol. The molecule has 0 spiro atoms. The molecule has 2 rings (SSSR count). The van der Waals surface area contributed by atoms with E-state index in [9.17, 15) is 9.90 Å². The van der Waals surface area contributed by atoms with Crippen LogP contribution in [0.3, 0.4) is 0 Å². The van der Waals surface area contributed by atoms with Gasteiger partial charge in [-0.15, -0.1) is 0 Å². The van der Waals surface area contributed by atoms with Crippen LogP contribution in [0.25, 0.3) is 0 Å². The third kappa shape index (κ3) is 3.64. The summed E-state index contributed by atoms with van der Waals surface area (Å²) in [6, 6.07) is 4.87. The highest BCUT2D eigenvalue weighted by atomic mass is 35.5. The largest absolute Gasteiger partial charge is 0.393 e. The van der Waals surface area contributed by atoms with Gasteiger partial charge in [0.05, 0.1) is 27.9 Å². The van der Waals surface area contributed by atoms with Crippen molar-refractivity contribution in [1.82, 2.24) is 4.90 Å². The van der Waals surface area contributed by atoms with E-state index in [0.29, 0.717) is 28.6 Å². The van der Waals surface area contributed by atoms with Crippen molar-refractivity contribution in [3.63, 3.8) is 0 Å². The molecule has 2 N–H and O–H groups in total. The van der Waals surface area contributed by atoms with Crippen molar-refractivity contribution in [2.75, 3.05) is 18.4 Å². The first-order chi connectivity index (χ1) is 9.49. The fourth-order valence-electron chi connectivity index (χ4n) is 2.28. The molecule has 1 aromatic rings. The van der Waals surface area contributed by atoms with Gasteiger partial charge < -0.3 is 10.4 Å². The van der Waals surface area contributed by atoms with Gasteiger partial charge in [0.15, 0.2) is 0 Å². The summed E-state index contributed by atoms with van der Waals surface area (Å²) in [5, 5.41) is 13.1. The normalized spacial score (nSPS) is 18.8. The van der Waals surface area contributed by atoms with Crippen molar-refractivity contribution < 1.29 is 9.90 Å². The fourth-order valence-corrected chi connectivity index (χ4v) is 2.62. The molecule has 4 nitrogen and oxygen atoms in total. The molecule has 1 aliphatic rings. The van der Waals surface area contributed by atoms with Gasteiger partial charge in [0.1, 0.15) is 0 Å². The highest BCUT2D eigenvalue weighted by molar-refractivity contribution is 6.44. The van der Waals surface area contributed by atoms with Crippen LogP contribution in [0.1, 0.15) is 19.8 Å². The second kappa shape index (κ2) is 6.76. The summed E-state index contributed by atoms with van der Waals surface area (Å²) >= 11 is 12.0. The Morgan fingerprint density at radius 1 is 1.40 bits per heavy atom. The maximum Gasteiger partial charge on any atom is 0.241 e. The van der Waals surface area contributed by atoms with E-state index in [1.54, 1.807) is 18.2 Å². The molecule has 0 radical (unpaired) electrons. The summed E-state index contributed by atoms with van der Waals surface area (Å²) in [5.74, 6) is -0.120. The number of nitrogens with zero attached hydrogens (tertiary/aromatic N) is 1. The van der Waals surface area contributed by atoms with Gasteiger partial charge in [0.2, 0.25) is 5.91 Å². The van der Waals surface area contributed by atoms with Crippen LogP contribution < -0.4 is 5.32 Å². The highest BCUT2D eigenvalue weighted by Crippen LogP contribution is 2.29. The maximum atomic E-state index is 12.2. The topological polar surface area (TPSA) is 52.6 Å². The summed E-state index contributed by atoms with van der Waals surface area (Å²) in [4.78, 5) is 14.3. The molecule has 6 heteroatoms. The number of carbonyl (C=O) groups excluding carboxylic acids is 1. The Balaban J connectivity index is 1.99. The van der Waals surface area contributed by atoms with Gasteiger partial charge in [-0.25, -0.2) is 0 Å². The molecule has 1 heterocycles. The minimum Gasteiger partial charge on any atom is -0.393 e. The van der Waals surface area contributed by atoms with Crippen molar-refractivity contribution in [1.29, 1.82) is 0 Å². The quantitative estimate of drug-likeness (QED) is 0.901. The molecule has 1 aliphatic heterocycles. The molecule has 110 valence electrons. The zero-order valence-corrected chi connectivity index (χ0v) is 12.8. The van der Waals surface area contributed by atoms with Crippen LogP contribution in [0.5, 0.6) is 0 Å². The summed E-state index contributed by atoms with van der Waals surface area (Å²) in [6.45, 7) is 3.30. The SMILES string of the molecule is C[C@@H](C(=O)Nc1cccc(Cl)c1Cl)N1CCC(O)CC1. The van der Waals surface area contributed by atoms with Crippen molar-refractivity contribution in [2.24, 2.45) is 0 Å². The van der Waals surface area contributed by atoms with Crippen LogP contribution >= 0.6 is 23.2 Å². The number of aliphatic hydroxyl groups is 1. The van der Waals surface area contributed by atoms with E-state index in [1.807, 2.05) is 6.92 Å². The number of benzene rings is 1. The molecule has 0 bridgehead atoms. The van der Waals surface area contributed by atoms with Gasteiger partial charge in [0, 0.05) is 13.1 Å². The Morgan fingerprint density at radius 3 is 2.70 bits per heavy atom. The summed E-state index contributed by atoms with van der Waals surface area (Å²) in [5.41, 5.74) is 0.521. The average Bonchev–Trinajstić information content (AvgIpc) is 2.44. The second-order valence-corrected chi connectivity index (χ2v) is 5.82. The van der Waals surface area contributed by atoms with Gasteiger partial charge in [-0.05, 0) is 31.9 Å².